The van der Waals surface area contributed by atoms with Crippen molar-refractivity contribution in [2.24, 2.45) is 5.73 Å². The maximum Gasteiger partial charge on any atom is 0.241 e. The Morgan fingerprint density at radius 3 is 2.80 bits per heavy atom. The van der Waals surface area contributed by atoms with Crippen LogP contribution in [-0.4, -0.2) is 76.7 Å². The van der Waals surface area contributed by atoms with E-state index in [1.54, 1.807) is 4.90 Å². The molecule has 9 nitrogen and oxygen atoms in total. The van der Waals surface area contributed by atoms with Gasteiger partial charge in [-0.15, -0.1) is 0 Å². The minimum atomic E-state index is -0.725. The molecule has 2 bridgehead atoms. The zero-order valence-electron chi connectivity index (χ0n) is 16.7. The predicted molar refractivity (Wildman–Crippen MR) is 109 cm³/mol. The molecule has 3 fully saturated rings. The Bertz CT molecular complexity index is 866. The van der Waals surface area contributed by atoms with Gasteiger partial charge in [0.25, 0.3) is 0 Å². The van der Waals surface area contributed by atoms with E-state index in [4.69, 9.17) is 5.73 Å². The third kappa shape index (κ3) is 3.76. The van der Waals surface area contributed by atoms with E-state index in [-0.39, 0.29) is 29.9 Å². The number of fused-ring (bicyclic) bond motifs is 2. The lowest BCUT2D eigenvalue weighted by atomic mass is 10.1. The van der Waals surface area contributed by atoms with Gasteiger partial charge in [0.05, 0.1) is 18.2 Å². The second-order valence-electron chi connectivity index (χ2n) is 8.21. The van der Waals surface area contributed by atoms with E-state index in [1.165, 1.54) is 0 Å². The highest BCUT2D eigenvalue weighted by molar-refractivity contribution is 5.86. The van der Waals surface area contributed by atoms with Crippen molar-refractivity contribution in [3.05, 3.63) is 29.8 Å². The van der Waals surface area contributed by atoms with E-state index >= 15 is 0 Å². The number of benzene rings is 1. The minimum Gasteiger partial charge on any atom is -0.333 e. The van der Waals surface area contributed by atoms with Crippen molar-refractivity contribution in [3.63, 3.8) is 0 Å². The molecule has 4 atom stereocenters. The van der Waals surface area contributed by atoms with E-state index in [2.05, 4.69) is 11.4 Å². The van der Waals surface area contributed by atoms with Crippen LogP contribution >= 0.6 is 0 Å². The monoisotopic (exact) mass is 410 g/mol. The second kappa shape index (κ2) is 8.42. The van der Waals surface area contributed by atoms with Crippen LogP contribution in [0.4, 0.5) is 5.69 Å². The summed E-state index contributed by atoms with van der Waals surface area (Å²) >= 11 is 0. The fourth-order valence-electron chi connectivity index (χ4n) is 4.82. The molecule has 1 aromatic carbocycles. The van der Waals surface area contributed by atoms with Gasteiger partial charge in [0.1, 0.15) is 6.04 Å². The molecule has 158 valence electrons. The fourth-order valence-corrected chi connectivity index (χ4v) is 4.82. The van der Waals surface area contributed by atoms with Gasteiger partial charge < -0.3 is 20.9 Å². The zero-order chi connectivity index (χ0) is 21.3. The summed E-state index contributed by atoms with van der Waals surface area (Å²) in [6.07, 6.45) is 2.90. The number of nitrogens with two attached hydrogens (primary N) is 1. The Labute approximate surface area is 175 Å². The highest BCUT2D eigenvalue weighted by Gasteiger charge is 2.50. The first-order valence-electron chi connectivity index (χ1n) is 10.3. The molecule has 0 radical (unpaired) electrons. The summed E-state index contributed by atoms with van der Waals surface area (Å²) in [6.45, 7) is 2.13. The molecule has 1 unspecified atom stereocenters. The quantitative estimate of drug-likeness (QED) is 0.605. The predicted octanol–water partition coefficient (Wildman–Crippen LogP) is -0.118. The Morgan fingerprint density at radius 1 is 1.37 bits per heavy atom. The Balaban J connectivity index is 1.33. The molecule has 0 aromatic heterocycles. The van der Waals surface area contributed by atoms with E-state index in [9.17, 15) is 19.6 Å². The summed E-state index contributed by atoms with van der Waals surface area (Å²) in [5, 5.41) is 11.8. The van der Waals surface area contributed by atoms with Gasteiger partial charge in [0.2, 0.25) is 18.2 Å². The van der Waals surface area contributed by atoms with Crippen LogP contribution in [-0.2, 0) is 20.9 Å². The van der Waals surface area contributed by atoms with Gasteiger partial charge in [-0.25, -0.2) is 0 Å². The van der Waals surface area contributed by atoms with Gasteiger partial charge in [-0.2, -0.15) is 5.26 Å². The normalized spacial score (nSPS) is 26.7. The van der Waals surface area contributed by atoms with E-state index < -0.39 is 6.04 Å². The Morgan fingerprint density at radius 2 is 2.13 bits per heavy atom. The van der Waals surface area contributed by atoms with Gasteiger partial charge in [-0.3, -0.25) is 19.3 Å². The van der Waals surface area contributed by atoms with Crippen LogP contribution in [0.3, 0.4) is 0 Å². The molecule has 3 aliphatic heterocycles. The third-order valence-electron chi connectivity index (χ3n) is 6.36. The molecule has 3 saturated heterocycles. The van der Waals surface area contributed by atoms with Gasteiger partial charge in [0.15, 0.2) is 0 Å². The number of nitriles is 1. The SMILES string of the molecule is N#C[C@@H]1CCCN1C(=O)[C@@H](N)CN1CC2C[C@H]1C(=O)N2Cc1ccc(NC=O)cc1. The molecule has 30 heavy (non-hydrogen) atoms. The molecule has 0 spiro atoms. The van der Waals surface area contributed by atoms with Crippen molar-refractivity contribution in [2.75, 3.05) is 25.0 Å². The maximum absolute atomic E-state index is 12.9. The van der Waals surface area contributed by atoms with Gasteiger partial charge in [-0.1, -0.05) is 12.1 Å². The van der Waals surface area contributed by atoms with E-state index in [0.717, 1.165) is 18.4 Å². The van der Waals surface area contributed by atoms with Gasteiger partial charge in [0, 0.05) is 37.9 Å². The topological polar surface area (TPSA) is 123 Å². The lowest BCUT2D eigenvalue weighted by Crippen LogP contribution is -2.56. The molecule has 1 aromatic rings. The van der Waals surface area contributed by atoms with Crippen LogP contribution in [0.15, 0.2) is 24.3 Å². The largest absolute Gasteiger partial charge is 0.333 e. The van der Waals surface area contributed by atoms with E-state index in [1.807, 2.05) is 34.1 Å². The molecule has 0 aliphatic carbocycles. The summed E-state index contributed by atoms with van der Waals surface area (Å²) in [7, 11) is 0. The Hall–Kier alpha value is -2.96. The number of carbonyl (C=O) groups excluding carboxylic acids is 3. The number of carbonyl (C=O) groups is 3. The van der Waals surface area contributed by atoms with E-state index in [0.29, 0.717) is 44.7 Å². The first-order chi connectivity index (χ1) is 14.5. The summed E-state index contributed by atoms with van der Waals surface area (Å²) in [5.41, 5.74) is 7.88. The standard InChI is InChI=1S/C21H26N6O3/c22-9-16-2-1-7-26(16)20(29)18(23)12-25-11-17-8-19(25)21(30)27(17)10-14-3-5-15(6-4-14)24-13-28/h3-6,13,16-19H,1-2,7-8,10-12,23H2,(H,24,28)/t16-,17?,18-,19-/m0/s1. The molecule has 9 heteroatoms. The highest BCUT2D eigenvalue weighted by atomic mass is 16.2. The maximum atomic E-state index is 12.9. The lowest BCUT2D eigenvalue weighted by molar-refractivity contribution is -0.139. The summed E-state index contributed by atoms with van der Waals surface area (Å²) in [4.78, 5) is 41.6. The third-order valence-corrected chi connectivity index (χ3v) is 6.36. The average Bonchev–Trinajstić information content (AvgIpc) is 3.45. The molecule has 3 heterocycles. The summed E-state index contributed by atoms with van der Waals surface area (Å²) < 4.78 is 0. The van der Waals surface area contributed by atoms with Crippen LogP contribution in [0, 0.1) is 11.3 Å². The number of nitrogens with zero attached hydrogens (tertiary/aromatic N) is 4. The van der Waals surface area contributed by atoms with Crippen LogP contribution in [0.1, 0.15) is 24.8 Å². The molecular weight excluding hydrogens is 384 g/mol. The van der Waals surface area contributed by atoms with Gasteiger partial charge >= 0.3 is 0 Å². The van der Waals surface area contributed by atoms with Crippen molar-refractivity contribution >= 4 is 23.9 Å². The summed E-state index contributed by atoms with van der Waals surface area (Å²) in [5.74, 6) is -0.132. The van der Waals surface area contributed by atoms with Crippen LogP contribution in [0.5, 0.6) is 0 Å². The number of rotatable bonds is 7. The lowest BCUT2D eigenvalue weighted by Gasteiger charge is -2.35. The van der Waals surface area contributed by atoms with Crippen molar-refractivity contribution in [3.8, 4) is 6.07 Å². The molecule has 3 amide bonds. The van der Waals surface area contributed by atoms with Crippen molar-refractivity contribution in [2.45, 2.75) is 50.0 Å². The number of hydrogen-bond donors (Lipinski definition) is 2. The second-order valence-corrected chi connectivity index (χ2v) is 8.21. The fraction of sp³-hybridized carbons (Fsp3) is 0.524. The number of anilines is 1. The number of piperazine rings is 1. The Kier molecular flexibility index (Phi) is 5.70. The van der Waals surface area contributed by atoms with Gasteiger partial charge in [-0.05, 0) is 37.0 Å². The molecule has 0 saturated carbocycles. The highest BCUT2D eigenvalue weighted by Crippen LogP contribution is 2.33. The zero-order valence-corrected chi connectivity index (χ0v) is 16.7. The summed E-state index contributed by atoms with van der Waals surface area (Å²) in [6, 6.07) is 8.36. The van der Waals surface area contributed by atoms with Crippen LogP contribution in [0.25, 0.3) is 0 Å². The molecular formula is C21H26N6O3. The number of amides is 3. The van der Waals surface area contributed by atoms with Crippen LogP contribution in [0.2, 0.25) is 0 Å². The number of hydrogen-bond acceptors (Lipinski definition) is 6. The van der Waals surface area contributed by atoms with Crippen molar-refractivity contribution < 1.29 is 14.4 Å². The molecule has 3 N–H and O–H groups in total. The molecule has 4 rings (SSSR count). The average molecular weight is 410 g/mol. The number of nitrogens with one attached hydrogen (secondary N) is 1. The van der Waals surface area contributed by atoms with Crippen molar-refractivity contribution in [1.82, 2.24) is 14.7 Å². The first-order valence-corrected chi connectivity index (χ1v) is 10.3. The molecule has 3 aliphatic rings. The van der Waals surface area contributed by atoms with Crippen LogP contribution < -0.4 is 11.1 Å². The van der Waals surface area contributed by atoms with Crippen molar-refractivity contribution in [1.29, 1.82) is 5.26 Å². The number of likely N-dealkylation sites (tertiary alicyclic amines) is 3. The first kappa shape index (κ1) is 20.3. The minimum absolute atomic E-state index is 0.0667. The smallest absolute Gasteiger partial charge is 0.241 e.